The summed E-state index contributed by atoms with van der Waals surface area (Å²) in [6, 6.07) is 82.1. The van der Waals surface area contributed by atoms with Crippen molar-refractivity contribution in [2.24, 2.45) is 0 Å². The van der Waals surface area contributed by atoms with E-state index in [-0.39, 0.29) is 0 Å². The molecule has 0 amide bonds. The summed E-state index contributed by atoms with van der Waals surface area (Å²) in [6.07, 6.45) is 0. The van der Waals surface area contributed by atoms with Gasteiger partial charge in [-0.05, 0) is 89.0 Å². The highest BCUT2D eigenvalue weighted by Gasteiger charge is 2.18. The lowest BCUT2D eigenvalue weighted by molar-refractivity contribution is 1.18. The minimum atomic E-state index is 0.700. The fraction of sp³-hybridized carbons (Fsp3) is 0. The van der Waals surface area contributed by atoms with Crippen molar-refractivity contribution in [3.8, 4) is 67.5 Å². The Balaban J connectivity index is 0.939. The molecule has 0 spiro atoms. The Morgan fingerprint density at radius 3 is 1.47 bits per heavy atom. The average molecular weight is 791 g/mol. The molecule has 0 unspecified atom stereocenters. The third-order valence-electron chi connectivity index (χ3n) is 12.1. The van der Waals surface area contributed by atoms with Crippen LogP contribution < -0.4 is 0 Å². The predicted molar refractivity (Wildman–Crippen MR) is 258 cm³/mol. The average Bonchev–Trinajstić information content (AvgIpc) is 3.87. The third kappa shape index (κ3) is 6.00. The van der Waals surface area contributed by atoms with E-state index in [0.29, 0.717) is 5.82 Å². The molecule has 0 N–H and O–H groups in total. The predicted octanol–water partition coefficient (Wildman–Crippen LogP) is 15.0. The van der Waals surface area contributed by atoms with Crippen LogP contribution in [0.15, 0.2) is 231 Å². The minimum absolute atomic E-state index is 0.700. The van der Waals surface area contributed by atoms with Crippen LogP contribution in [0.1, 0.15) is 0 Å². The lowest BCUT2D eigenvalue weighted by Crippen LogP contribution is -1.96. The molecular formula is C58H38N4. The minimum Gasteiger partial charge on any atom is -0.309 e. The molecule has 290 valence electrons. The largest absolute Gasteiger partial charge is 0.309 e. The van der Waals surface area contributed by atoms with Crippen molar-refractivity contribution >= 4 is 43.6 Å². The van der Waals surface area contributed by atoms with E-state index in [0.717, 1.165) is 50.6 Å². The zero-order valence-electron chi connectivity index (χ0n) is 33.7. The number of rotatable bonds is 7. The van der Waals surface area contributed by atoms with E-state index in [4.69, 9.17) is 9.97 Å². The van der Waals surface area contributed by atoms with Crippen LogP contribution in [0.2, 0.25) is 0 Å². The normalized spacial score (nSPS) is 11.5. The zero-order chi connectivity index (χ0) is 41.0. The van der Waals surface area contributed by atoms with Gasteiger partial charge >= 0.3 is 0 Å². The first-order valence-electron chi connectivity index (χ1n) is 21.1. The SMILES string of the molecule is c1ccc(-c2cc(-c3ccccc3)nc(-c3cccc(-c4ccc5c(c4)c4ccccc4n5-c4ccc(-c5cccc6c5c5ccccc5n6-c5ccccc5)cc4)c3)n2)cc1. The Morgan fingerprint density at radius 1 is 0.274 bits per heavy atom. The zero-order valence-corrected chi connectivity index (χ0v) is 33.7. The number of aromatic nitrogens is 4. The highest BCUT2D eigenvalue weighted by molar-refractivity contribution is 6.16. The molecule has 0 atom stereocenters. The highest BCUT2D eigenvalue weighted by atomic mass is 15.0. The van der Waals surface area contributed by atoms with Crippen LogP contribution in [-0.2, 0) is 0 Å². The van der Waals surface area contributed by atoms with Crippen molar-refractivity contribution in [2.45, 2.75) is 0 Å². The number of para-hydroxylation sites is 3. The Hall–Kier alpha value is -8.34. The van der Waals surface area contributed by atoms with Gasteiger partial charge in [0.05, 0.1) is 33.5 Å². The molecule has 62 heavy (non-hydrogen) atoms. The molecule has 3 heterocycles. The van der Waals surface area contributed by atoms with E-state index in [1.165, 1.54) is 54.7 Å². The van der Waals surface area contributed by atoms with Crippen LogP contribution in [0.3, 0.4) is 0 Å². The summed E-state index contributed by atoms with van der Waals surface area (Å²) in [5.74, 6) is 0.700. The smallest absolute Gasteiger partial charge is 0.160 e. The number of nitrogens with zero attached hydrogens (tertiary/aromatic N) is 4. The van der Waals surface area contributed by atoms with Gasteiger partial charge in [-0.1, -0.05) is 164 Å². The van der Waals surface area contributed by atoms with E-state index in [2.05, 4.69) is 228 Å². The van der Waals surface area contributed by atoms with Crippen LogP contribution >= 0.6 is 0 Å². The summed E-state index contributed by atoms with van der Waals surface area (Å²) >= 11 is 0. The lowest BCUT2D eigenvalue weighted by atomic mass is 9.99. The van der Waals surface area contributed by atoms with Crippen LogP contribution in [-0.4, -0.2) is 19.1 Å². The highest BCUT2D eigenvalue weighted by Crippen LogP contribution is 2.40. The van der Waals surface area contributed by atoms with Gasteiger partial charge in [0.2, 0.25) is 0 Å². The molecule has 0 aliphatic carbocycles. The second kappa shape index (κ2) is 14.7. The molecule has 4 nitrogen and oxygen atoms in total. The maximum absolute atomic E-state index is 5.11. The molecule has 9 aromatic carbocycles. The molecular weight excluding hydrogens is 753 g/mol. The maximum atomic E-state index is 5.11. The van der Waals surface area contributed by atoms with Crippen LogP contribution in [0.5, 0.6) is 0 Å². The van der Waals surface area contributed by atoms with Crippen molar-refractivity contribution in [1.29, 1.82) is 0 Å². The standard InChI is InChI=1S/C58H38N4/c1-4-16-40(17-5-1)51-38-52(41-18-6-2-7-19-41)60-58(59-51)44-21-14-20-42(36-44)43-32-35-55-50(37-43)48-24-10-12-27-53(48)61(55)46-33-30-39(31-34-46)47-26-15-29-56-57(47)49-25-11-13-28-54(49)62(56)45-22-8-3-9-23-45/h1-38H. The topological polar surface area (TPSA) is 35.6 Å². The van der Waals surface area contributed by atoms with Gasteiger partial charge in [0, 0.05) is 49.6 Å². The first-order chi connectivity index (χ1) is 30.7. The Kier molecular flexibility index (Phi) is 8.46. The fourth-order valence-electron chi connectivity index (χ4n) is 9.26. The molecule has 0 aliphatic heterocycles. The van der Waals surface area contributed by atoms with Crippen molar-refractivity contribution in [1.82, 2.24) is 19.1 Å². The van der Waals surface area contributed by atoms with E-state index in [1.807, 2.05) is 12.1 Å². The molecule has 0 aliphatic rings. The summed E-state index contributed by atoms with van der Waals surface area (Å²) in [4.78, 5) is 10.2. The molecule has 0 saturated carbocycles. The molecule has 4 heteroatoms. The molecule has 3 aromatic heterocycles. The number of hydrogen-bond donors (Lipinski definition) is 0. The first-order valence-corrected chi connectivity index (χ1v) is 21.1. The van der Waals surface area contributed by atoms with Gasteiger partial charge in [0.15, 0.2) is 5.82 Å². The first kappa shape index (κ1) is 35.6. The Morgan fingerprint density at radius 2 is 0.758 bits per heavy atom. The van der Waals surface area contributed by atoms with Gasteiger partial charge in [-0.25, -0.2) is 9.97 Å². The molecule has 12 rings (SSSR count). The van der Waals surface area contributed by atoms with E-state index in [9.17, 15) is 0 Å². The second-order valence-electron chi connectivity index (χ2n) is 15.8. The Bertz CT molecular complexity index is 3550. The molecule has 0 saturated heterocycles. The fourth-order valence-corrected chi connectivity index (χ4v) is 9.26. The van der Waals surface area contributed by atoms with E-state index < -0.39 is 0 Å². The van der Waals surface area contributed by atoms with Crippen molar-refractivity contribution in [3.05, 3.63) is 231 Å². The molecule has 0 bridgehead atoms. The van der Waals surface area contributed by atoms with Crippen molar-refractivity contribution in [2.75, 3.05) is 0 Å². The van der Waals surface area contributed by atoms with Crippen molar-refractivity contribution in [3.63, 3.8) is 0 Å². The van der Waals surface area contributed by atoms with Crippen LogP contribution in [0.25, 0.3) is 111 Å². The molecule has 0 fully saturated rings. The molecule has 12 aromatic rings. The van der Waals surface area contributed by atoms with Crippen molar-refractivity contribution < 1.29 is 0 Å². The lowest BCUT2D eigenvalue weighted by Gasteiger charge is -2.12. The van der Waals surface area contributed by atoms with Gasteiger partial charge in [0.1, 0.15) is 0 Å². The maximum Gasteiger partial charge on any atom is 0.160 e. The van der Waals surface area contributed by atoms with Gasteiger partial charge < -0.3 is 9.13 Å². The summed E-state index contributed by atoms with van der Waals surface area (Å²) in [6.45, 7) is 0. The van der Waals surface area contributed by atoms with Gasteiger partial charge in [-0.2, -0.15) is 0 Å². The number of benzene rings is 9. The van der Waals surface area contributed by atoms with E-state index in [1.54, 1.807) is 0 Å². The van der Waals surface area contributed by atoms with Crippen LogP contribution in [0.4, 0.5) is 0 Å². The molecule has 0 radical (unpaired) electrons. The number of fused-ring (bicyclic) bond motifs is 6. The third-order valence-corrected chi connectivity index (χ3v) is 12.1. The van der Waals surface area contributed by atoms with Gasteiger partial charge in [-0.15, -0.1) is 0 Å². The summed E-state index contributed by atoms with van der Waals surface area (Å²) in [7, 11) is 0. The second-order valence-corrected chi connectivity index (χ2v) is 15.8. The quantitative estimate of drug-likeness (QED) is 0.161. The summed E-state index contributed by atoms with van der Waals surface area (Å²) in [5, 5.41) is 4.94. The van der Waals surface area contributed by atoms with Gasteiger partial charge in [-0.3, -0.25) is 0 Å². The number of hydrogen-bond acceptors (Lipinski definition) is 2. The van der Waals surface area contributed by atoms with Gasteiger partial charge in [0.25, 0.3) is 0 Å². The van der Waals surface area contributed by atoms with E-state index >= 15 is 0 Å². The summed E-state index contributed by atoms with van der Waals surface area (Å²) < 4.78 is 4.77. The summed E-state index contributed by atoms with van der Waals surface area (Å²) in [5.41, 5.74) is 16.6. The monoisotopic (exact) mass is 790 g/mol. The van der Waals surface area contributed by atoms with Crippen LogP contribution in [0, 0.1) is 0 Å². The Labute approximate surface area is 359 Å².